The summed E-state index contributed by atoms with van der Waals surface area (Å²) in [6.45, 7) is 0.951. The van der Waals surface area contributed by atoms with Crippen molar-refractivity contribution in [1.82, 2.24) is 4.98 Å². The van der Waals surface area contributed by atoms with Gasteiger partial charge < -0.3 is 4.90 Å². The number of nitrogens with zero attached hydrogens (tertiary/aromatic N) is 2. The quantitative estimate of drug-likeness (QED) is 0.835. The monoisotopic (exact) mass is 270 g/mol. The Morgan fingerprint density at radius 2 is 1.89 bits per heavy atom. The number of pyridine rings is 1. The molecule has 2 aromatic rings. The third-order valence-electron chi connectivity index (χ3n) is 2.90. The molecule has 1 aromatic carbocycles. The number of aromatic nitrogens is 1. The molecule has 0 N–H and O–H groups in total. The fourth-order valence-electron chi connectivity index (χ4n) is 1.78. The fourth-order valence-corrected chi connectivity index (χ4v) is 2.08. The van der Waals surface area contributed by atoms with Crippen LogP contribution in [0.4, 0.5) is 5.69 Å². The van der Waals surface area contributed by atoms with E-state index in [9.17, 15) is 0 Å². The van der Waals surface area contributed by atoms with Crippen LogP contribution in [0, 0.1) is 0 Å². The molecule has 0 bridgehead atoms. The summed E-state index contributed by atoms with van der Waals surface area (Å²) < 4.78 is 0. The maximum Gasteiger partial charge on any atom is 0.0629 e. The third-order valence-corrected chi connectivity index (χ3v) is 3.10. The molecule has 0 radical (unpaired) electrons. The minimum atomic E-state index is 0.859. The number of hydrogen-bond donors (Lipinski definition) is 1. The summed E-state index contributed by atoms with van der Waals surface area (Å²) in [5.74, 6) is 0.859. The van der Waals surface area contributed by atoms with Crippen molar-refractivity contribution in [2.75, 3.05) is 24.2 Å². The van der Waals surface area contributed by atoms with Crippen molar-refractivity contribution in [2.24, 2.45) is 0 Å². The van der Waals surface area contributed by atoms with E-state index in [0.717, 1.165) is 18.0 Å². The van der Waals surface area contributed by atoms with E-state index in [1.807, 2.05) is 24.3 Å². The van der Waals surface area contributed by atoms with Crippen LogP contribution in [0.3, 0.4) is 0 Å². The van der Waals surface area contributed by atoms with Gasteiger partial charge in [-0.05, 0) is 35.9 Å². The van der Waals surface area contributed by atoms with E-state index >= 15 is 0 Å². The van der Waals surface area contributed by atoms with E-state index in [-0.39, 0.29) is 0 Å². The summed E-state index contributed by atoms with van der Waals surface area (Å²) in [7, 11) is 2.08. The summed E-state index contributed by atoms with van der Waals surface area (Å²) >= 11 is 4.24. The Morgan fingerprint density at radius 1 is 1.11 bits per heavy atom. The van der Waals surface area contributed by atoms with Gasteiger partial charge in [-0.15, -0.1) is 0 Å². The van der Waals surface area contributed by atoms with Crippen LogP contribution in [0.5, 0.6) is 0 Å². The average Bonchev–Trinajstić information content (AvgIpc) is 2.47. The van der Waals surface area contributed by atoms with Gasteiger partial charge in [-0.2, -0.15) is 12.6 Å². The first-order valence-corrected chi connectivity index (χ1v) is 6.94. The molecule has 1 aromatic heterocycles. The SMILES string of the molecule is CN(CCS)c1ccc(/C=C/c2ccccn2)cc1. The van der Waals surface area contributed by atoms with Crippen molar-refractivity contribution >= 4 is 30.5 Å². The minimum absolute atomic E-state index is 0.859. The Morgan fingerprint density at radius 3 is 2.53 bits per heavy atom. The van der Waals surface area contributed by atoms with Gasteiger partial charge in [0.2, 0.25) is 0 Å². The van der Waals surface area contributed by atoms with Gasteiger partial charge in [-0.25, -0.2) is 0 Å². The van der Waals surface area contributed by atoms with Gasteiger partial charge in [0.05, 0.1) is 5.69 Å². The zero-order valence-electron chi connectivity index (χ0n) is 11.0. The second kappa shape index (κ2) is 7.00. The molecular formula is C16H18N2S. The maximum absolute atomic E-state index is 4.26. The maximum atomic E-state index is 4.26. The zero-order chi connectivity index (χ0) is 13.5. The Bertz CT molecular complexity index is 520. The summed E-state index contributed by atoms with van der Waals surface area (Å²) in [5.41, 5.74) is 3.36. The molecule has 0 spiro atoms. The lowest BCUT2D eigenvalue weighted by molar-refractivity contribution is 0.980. The molecule has 0 amide bonds. The fraction of sp³-hybridized carbons (Fsp3) is 0.188. The number of thiol groups is 1. The van der Waals surface area contributed by atoms with Crippen molar-refractivity contribution in [3.8, 4) is 0 Å². The van der Waals surface area contributed by atoms with Crippen molar-refractivity contribution in [2.45, 2.75) is 0 Å². The molecule has 19 heavy (non-hydrogen) atoms. The lowest BCUT2D eigenvalue weighted by Gasteiger charge is -2.17. The van der Waals surface area contributed by atoms with Crippen molar-refractivity contribution in [1.29, 1.82) is 0 Å². The predicted octanol–water partition coefficient (Wildman–Crippen LogP) is 3.62. The summed E-state index contributed by atoms with van der Waals surface area (Å²) in [6, 6.07) is 14.4. The molecule has 0 aliphatic carbocycles. The van der Waals surface area contributed by atoms with Gasteiger partial charge in [-0.1, -0.05) is 24.3 Å². The van der Waals surface area contributed by atoms with Crippen LogP contribution < -0.4 is 4.90 Å². The molecule has 0 fully saturated rings. The Kier molecular flexibility index (Phi) is 5.04. The summed E-state index contributed by atoms with van der Waals surface area (Å²) in [5, 5.41) is 0. The number of benzene rings is 1. The first-order valence-electron chi connectivity index (χ1n) is 6.31. The second-order valence-electron chi connectivity index (χ2n) is 4.32. The lowest BCUT2D eigenvalue weighted by Crippen LogP contribution is -2.19. The Hall–Kier alpha value is -1.74. The van der Waals surface area contributed by atoms with Crippen LogP contribution >= 0.6 is 12.6 Å². The first kappa shape index (κ1) is 13.7. The Labute approximate surface area is 120 Å². The van der Waals surface area contributed by atoms with Crippen LogP contribution in [0.1, 0.15) is 11.3 Å². The second-order valence-corrected chi connectivity index (χ2v) is 4.77. The zero-order valence-corrected chi connectivity index (χ0v) is 11.9. The molecular weight excluding hydrogens is 252 g/mol. The van der Waals surface area contributed by atoms with E-state index in [0.29, 0.717) is 0 Å². The smallest absolute Gasteiger partial charge is 0.0629 e. The molecule has 98 valence electrons. The molecule has 2 nitrogen and oxygen atoms in total. The van der Waals surface area contributed by atoms with Crippen LogP contribution in [-0.4, -0.2) is 24.3 Å². The molecule has 0 aliphatic rings. The topological polar surface area (TPSA) is 16.1 Å². The van der Waals surface area contributed by atoms with E-state index < -0.39 is 0 Å². The Balaban J connectivity index is 2.05. The predicted molar refractivity (Wildman–Crippen MR) is 86.7 cm³/mol. The highest BCUT2D eigenvalue weighted by atomic mass is 32.1. The van der Waals surface area contributed by atoms with Gasteiger partial charge in [0.1, 0.15) is 0 Å². The highest BCUT2D eigenvalue weighted by molar-refractivity contribution is 7.80. The van der Waals surface area contributed by atoms with Crippen LogP contribution in [0.2, 0.25) is 0 Å². The largest absolute Gasteiger partial charge is 0.374 e. The van der Waals surface area contributed by atoms with Crippen LogP contribution in [0.25, 0.3) is 12.2 Å². The van der Waals surface area contributed by atoms with Gasteiger partial charge in [0, 0.05) is 31.2 Å². The average molecular weight is 270 g/mol. The highest BCUT2D eigenvalue weighted by Crippen LogP contribution is 2.15. The van der Waals surface area contributed by atoms with E-state index in [1.54, 1.807) is 6.20 Å². The molecule has 1 heterocycles. The van der Waals surface area contributed by atoms with Gasteiger partial charge in [-0.3, -0.25) is 4.98 Å². The third kappa shape index (κ3) is 4.14. The summed E-state index contributed by atoms with van der Waals surface area (Å²) in [6.07, 6.45) is 5.90. The molecule has 3 heteroatoms. The summed E-state index contributed by atoms with van der Waals surface area (Å²) in [4.78, 5) is 6.45. The normalized spacial score (nSPS) is 10.8. The standard InChI is InChI=1S/C16H18N2S/c1-18(12-13-19)16-9-6-14(7-10-16)5-8-15-4-2-3-11-17-15/h2-11,19H,12-13H2,1H3/b8-5+. The molecule has 0 atom stereocenters. The molecule has 2 rings (SSSR count). The van der Waals surface area contributed by atoms with Crippen molar-refractivity contribution in [3.05, 3.63) is 59.9 Å². The number of rotatable bonds is 5. The van der Waals surface area contributed by atoms with E-state index in [4.69, 9.17) is 0 Å². The van der Waals surface area contributed by atoms with Gasteiger partial charge >= 0.3 is 0 Å². The first-order chi connectivity index (χ1) is 9.29. The minimum Gasteiger partial charge on any atom is -0.374 e. The number of hydrogen-bond acceptors (Lipinski definition) is 3. The number of anilines is 1. The van der Waals surface area contributed by atoms with Crippen molar-refractivity contribution < 1.29 is 0 Å². The highest BCUT2D eigenvalue weighted by Gasteiger charge is 1.98. The van der Waals surface area contributed by atoms with Gasteiger partial charge in [0.15, 0.2) is 0 Å². The molecule has 0 aliphatic heterocycles. The van der Waals surface area contributed by atoms with Crippen molar-refractivity contribution in [3.63, 3.8) is 0 Å². The molecule has 0 unspecified atom stereocenters. The molecule has 0 saturated carbocycles. The van der Waals surface area contributed by atoms with E-state index in [1.165, 1.54) is 11.3 Å². The van der Waals surface area contributed by atoms with E-state index in [2.05, 4.69) is 59.9 Å². The van der Waals surface area contributed by atoms with Crippen LogP contribution in [0.15, 0.2) is 48.7 Å². The van der Waals surface area contributed by atoms with Crippen LogP contribution in [-0.2, 0) is 0 Å². The lowest BCUT2D eigenvalue weighted by atomic mass is 10.1. The molecule has 0 saturated heterocycles. The van der Waals surface area contributed by atoms with Gasteiger partial charge in [0.25, 0.3) is 0 Å².